The molecule has 0 amide bonds. The van der Waals surface area contributed by atoms with E-state index in [1.165, 1.54) is 0 Å². The molecule has 2 rings (SSSR count). The molecule has 0 aromatic carbocycles. The number of hydrogen-bond donors (Lipinski definition) is 2. The van der Waals surface area contributed by atoms with Crippen LogP contribution in [-0.4, -0.2) is 56.6 Å². The highest BCUT2D eigenvalue weighted by Gasteiger charge is 2.35. The van der Waals surface area contributed by atoms with E-state index >= 15 is 0 Å². The van der Waals surface area contributed by atoms with Gasteiger partial charge in [-0.15, -0.1) is 0 Å². The third-order valence-corrected chi connectivity index (χ3v) is 2.90. The van der Waals surface area contributed by atoms with E-state index in [-0.39, 0.29) is 5.54 Å². The van der Waals surface area contributed by atoms with Gasteiger partial charge < -0.3 is 15.2 Å². The Morgan fingerprint density at radius 1 is 1.21 bits per heavy atom. The summed E-state index contributed by atoms with van der Waals surface area (Å²) in [6.45, 7) is 5.63. The van der Waals surface area contributed by atoms with Gasteiger partial charge in [0.05, 0.1) is 25.4 Å². The maximum Gasteiger partial charge on any atom is 0.0702 e. The molecule has 0 aromatic rings. The highest BCUT2D eigenvalue weighted by molar-refractivity contribution is 4.92. The van der Waals surface area contributed by atoms with Crippen LogP contribution < -0.4 is 11.2 Å². The molecule has 1 unspecified atom stereocenters. The van der Waals surface area contributed by atoms with E-state index in [0.717, 1.165) is 45.9 Å². The number of nitrogens with zero attached hydrogens (tertiary/aromatic N) is 1. The van der Waals surface area contributed by atoms with Gasteiger partial charge in [0.15, 0.2) is 0 Å². The molecule has 14 heavy (non-hydrogen) atoms. The molecule has 5 nitrogen and oxygen atoms in total. The largest absolute Gasteiger partial charge is 0.379 e. The Morgan fingerprint density at radius 3 is 2.57 bits per heavy atom. The Bertz CT molecular complexity index is 177. The van der Waals surface area contributed by atoms with Crippen LogP contribution in [-0.2, 0) is 9.47 Å². The Kier molecular flexibility index (Phi) is 3.35. The van der Waals surface area contributed by atoms with Gasteiger partial charge in [-0.1, -0.05) is 0 Å². The van der Waals surface area contributed by atoms with Gasteiger partial charge in [-0.3, -0.25) is 0 Å². The highest BCUT2D eigenvalue weighted by atomic mass is 16.5. The first-order chi connectivity index (χ1) is 6.85. The lowest BCUT2D eigenvalue weighted by Crippen LogP contribution is -2.61. The molecule has 5 heteroatoms. The summed E-state index contributed by atoms with van der Waals surface area (Å²) >= 11 is 0. The molecule has 0 spiro atoms. The van der Waals surface area contributed by atoms with Crippen LogP contribution in [0.5, 0.6) is 0 Å². The highest BCUT2D eigenvalue weighted by Crippen LogP contribution is 2.17. The minimum Gasteiger partial charge on any atom is -0.379 e. The lowest BCUT2D eigenvalue weighted by Gasteiger charge is -2.36. The van der Waals surface area contributed by atoms with Crippen molar-refractivity contribution < 1.29 is 9.47 Å². The topological polar surface area (TPSA) is 59.8 Å². The van der Waals surface area contributed by atoms with Crippen LogP contribution >= 0.6 is 0 Å². The summed E-state index contributed by atoms with van der Waals surface area (Å²) in [6.07, 6.45) is 1.00. The van der Waals surface area contributed by atoms with Crippen LogP contribution in [0.4, 0.5) is 0 Å². The first-order valence-electron chi connectivity index (χ1n) is 5.23. The molecule has 2 saturated heterocycles. The summed E-state index contributed by atoms with van der Waals surface area (Å²) in [5.41, 5.74) is 9.24. The fourth-order valence-corrected chi connectivity index (χ4v) is 1.91. The molecule has 1 atom stereocenters. The van der Waals surface area contributed by atoms with Crippen molar-refractivity contribution in [3.63, 3.8) is 0 Å². The second-order valence-electron chi connectivity index (χ2n) is 4.00. The van der Waals surface area contributed by atoms with Crippen molar-refractivity contribution in [2.75, 3.05) is 46.1 Å². The van der Waals surface area contributed by atoms with Crippen molar-refractivity contribution in [1.29, 1.82) is 0 Å². The zero-order valence-electron chi connectivity index (χ0n) is 8.50. The summed E-state index contributed by atoms with van der Waals surface area (Å²) < 4.78 is 10.7. The van der Waals surface area contributed by atoms with Gasteiger partial charge in [-0.25, -0.2) is 10.4 Å². The molecular formula is C9H19N3O2. The predicted octanol–water partition coefficient (Wildman–Crippen LogP) is -1.06. The third-order valence-electron chi connectivity index (χ3n) is 2.90. The van der Waals surface area contributed by atoms with Gasteiger partial charge in [-0.2, -0.15) is 0 Å². The molecule has 2 fully saturated rings. The van der Waals surface area contributed by atoms with Crippen LogP contribution in [0.25, 0.3) is 0 Å². The van der Waals surface area contributed by atoms with Gasteiger partial charge in [0.2, 0.25) is 0 Å². The molecule has 82 valence electrons. The van der Waals surface area contributed by atoms with Crippen LogP contribution in [0.1, 0.15) is 6.42 Å². The Morgan fingerprint density at radius 2 is 2.00 bits per heavy atom. The lowest BCUT2D eigenvalue weighted by atomic mass is 10.0. The minimum atomic E-state index is -0.0304. The smallest absolute Gasteiger partial charge is 0.0702 e. The van der Waals surface area contributed by atoms with E-state index in [9.17, 15) is 0 Å². The van der Waals surface area contributed by atoms with E-state index in [2.05, 4.69) is 10.4 Å². The average Bonchev–Trinajstić information content (AvgIpc) is 2.69. The number of hydrogen-bond acceptors (Lipinski definition) is 5. The van der Waals surface area contributed by atoms with Crippen molar-refractivity contribution in [3.05, 3.63) is 0 Å². The summed E-state index contributed by atoms with van der Waals surface area (Å²) in [5, 5.41) is 2.20. The molecular weight excluding hydrogens is 182 g/mol. The van der Waals surface area contributed by atoms with Crippen LogP contribution in [0.3, 0.4) is 0 Å². The molecule has 3 N–H and O–H groups in total. The van der Waals surface area contributed by atoms with Crippen LogP contribution in [0, 0.1) is 0 Å². The summed E-state index contributed by atoms with van der Waals surface area (Å²) in [7, 11) is 0. The first kappa shape index (κ1) is 10.3. The predicted molar refractivity (Wildman–Crippen MR) is 52.7 cm³/mol. The van der Waals surface area contributed by atoms with E-state index in [4.69, 9.17) is 15.2 Å². The molecule has 0 aromatic heterocycles. The minimum absolute atomic E-state index is 0.0304. The van der Waals surface area contributed by atoms with Gasteiger partial charge in [0, 0.05) is 26.2 Å². The monoisotopic (exact) mass is 201 g/mol. The second kappa shape index (κ2) is 4.55. The molecule has 2 heterocycles. The molecule has 0 saturated carbocycles. The van der Waals surface area contributed by atoms with E-state index < -0.39 is 0 Å². The number of nitrogens with two attached hydrogens (primary N) is 1. The number of morpholine rings is 1. The molecule has 2 aliphatic rings. The number of hydrazine groups is 1. The molecule has 0 radical (unpaired) electrons. The van der Waals surface area contributed by atoms with Gasteiger partial charge in [0.25, 0.3) is 0 Å². The third kappa shape index (κ3) is 2.24. The SMILES string of the molecule is NCC1(NN2CCOCC2)CCOC1. The van der Waals surface area contributed by atoms with Gasteiger partial charge >= 0.3 is 0 Å². The molecule has 0 bridgehead atoms. The zero-order valence-corrected chi connectivity index (χ0v) is 8.50. The van der Waals surface area contributed by atoms with Crippen LogP contribution in [0.15, 0.2) is 0 Å². The van der Waals surface area contributed by atoms with Crippen LogP contribution in [0.2, 0.25) is 0 Å². The lowest BCUT2D eigenvalue weighted by molar-refractivity contribution is -0.0133. The Hall–Kier alpha value is -0.200. The van der Waals surface area contributed by atoms with Crippen molar-refractivity contribution in [2.45, 2.75) is 12.0 Å². The standard InChI is InChI=1S/C9H19N3O2/c10-7-9(1-4-14-8-9)11-12-2-5-13-6-3-12/h11H,1-8,10H2. The van der Waals surface area contributed by atoms with E-state index in [0.29, 0.717) is 6.54 Å². The quantitative estimate of drug-likeness (QED) is 0.609. The van der Waals surface area contributed by atoms with E-state index in [1.54, 1.807) is 0 Å². The summed E-state index contributed by atoms with van der Waals surface area (Å²) in [5.74, 6) is 0. The maximum atomic E-state index is 5.79. The van der Waals surface area contributed by atoms with Crippen molar-refractivity contribution in [2.24, 2.45) is 5.73 Å². The maximum absolute atomic E-state index is 5.79. The van der Waals surface area contributed by atoms with Crippen molar-refractivity contribution in [3.8, 4) is 0 Å². The van der Waals surface area contributed by atoms with Crippen molar-refractivity contribution in [1.82, 2.24) is 10.4 Å². The number of ether oxygens (including phenoxy) is 2. The zero-order chi connectivity index (χ0) is 9.86. The van der Waals surface area contributed by atoms with Crippen molar-refractivity contribution >= 4 is 0 Å². The van der Waals surface area contributed by atoms with Gasteiger partial charge in [-0.05, 0) is 6.42 Å². The second-order valence-corrected chi connectivity index (χ2v) is 4.00. The number of nitrogens with one attached hydrogen (secondary N) is 1. The van der Waals surface area contributed by atoms with Gasteiger partial charge in [0.1, 0.15) is 0 Å². The Balaban J connectivity index is 1.86. The number of rotatable bonds is 3. The first-order valence-corrected chi connectivity index (χ1v) is 5.23. The fraction of sp³-hybridized carbons (Fsp3) is 1.00. The fourth-order valence-electron chi connectivity index (χ4n) is 1.91. The Labute approximate surface area is 84.5 Å². The summed E-state index contributed by atoms with van der Waals surface area (Å²) in [4.78, 5) is 0. The average molecular weight is 201 g/mol. The summed E-state index contributed by atoms with van der Waals surface area (Å²) in [6, 6.07) is 0. The molecule has 2 aliphatic heterocycles. The normalized spacial score (nSPS) is 34.9. The molecule has 0 aliphatic carbocycles. The van der Waals surface area contributed by atoms with E-state index in [1.807, 2.05) is 0 Å².